The second kappa shape index (κ2) is 7.79. The van der Waals surface area contributed by atoms with Crippen LogP contribution in [0.3, 0.4) is 0 Å². The molecule has 0 aromatic heterocycles. The zero-order chi connectivity index (χ0) is 15.2. The summed E-state index contributed by atoms with van der Waals surface area (Å²) in [5, 5.41) is 5.62. The van der Waals surface area contributed by atoms with Gasteiger partial charge < -0.3 is 0 Å². The quantitative estimate of drug-likeness (QED) is 0.343. The Morgan fingerprint density at radius 2 is 0.920 bits per heavy atom. The van der Waals surface area contributed by atoms with Crippen LogP contribution in [-0.2, 0) is 0 Å². The van der Waals surface area contributed by atoms with Gasteiger partial charge >= 0.3 is 146 Å². The summed E-state index contributed by atoms with van der Waals surface area (Å²) in [5.74, 6) is 0. The first-order valence-corrected chi connectivity index (χ1v) is 10.7. The molecule has 4 radical (unpaired) electrons. The van der Waals surface area contributed by atoms with Crippen LogP contribution in [0.1, 0.15) is 11.1 Å². The molecule has 5 rings (SSSR count). The Morgan fingerprint density at radius 1 is 0.480 bits per heavy atom. The van der Waals surface area contributed by atoms with Crippen molar-refractivity contribution in [3.05, 3.63) is 83.9 Å². The van der Waals surface area contributed by atoms with Gasteiger partial charge in [0.15, 0.2) is 0 Å². The molecule has 25 heavy (non-hydrogen) atoms. The van der Waals surface area contributed by atoms with Crippen molar-refractivity contribution in [3.8, 4) is 0 Å². The molecule has 0 unspecified atom stereocenters. The summed E-state index contributed by atoms with van der Waals surface area (Å²) < 4.78 is 3.22. The Bertz CT molecular complexity index is 1010. The molecule has 0 N–H and O–H groups in total. The second-order valence-electron chi connectivity index (χ2n) is 5.96. The summed E-state index contributed by atoms with van der Waals surface area (Å²) >= 11 is -0.877. The first-order valence-electron chi connectivity index (χ1n) is 7.89. The molecule has 4 aromatic carbocycles. The summed E-state index contributed by atoms with van der Waals surface area (Å²) in [4.78, 5) is 0. The van der Waals surface area contributed by atoms with Crippen LogP contribution in [-0.4, -0.2) is 58.9 Å². The fourth-order valence-electron chi connectivity index (χ4n) is 3.44. The molecule has 0 fully saturated rings. The molecule has 1 aliphatic heterocycles. The third-order valence-electron chi connectivity index (χ3n) is 4.61. The van der Waals surface area contributed by atoms with Gasteiger partial charge in [0.1, 0.15) is 0 Å². The standard InChI is InChI=1S/C22H14.2Li.Sn/c1-3-7-21-15-17(11-13-19(21)5-1)9-10-18-12-14-20-6-2-4-8-22(20)16-18;;;/h1-14H;;;. The molecule has 1 heterocycles. The molecule has 0 bridgehead atoms. The van der Waals surface area contributed by atoms with E-state index in [1.165, 1.54) is 32.7 Å². The first-order chi connectivity index (χ1) is 11.4. The SMILES string of the molecule is C1=Cc2ccc3ccccc3[c]2[Sn][c]2c1ccc1ccccc21.[Li].[Li]. The number of benzene rings is 4. The van der Waals surface area contributed by atoms with Gasteiger partial charge in [0.05, 0.1) is 0 Å². The molecule has 3 heteroatoms. The smallest absolute Gasteiger partial charge is 0 e. The molecule has 4 aromatic rings. The van der Waals surface area contributed by atoms with Crippen LogP contribution in [0.15, 0.2) is 72.8 Å². The molecular weight excluding hydrogens is 397 g/mol. The fourth-order valence-corrected chi connectivity index (χ4v) is 8.00. The van der Waals surface area contributed by atoms with Crippen LogP contribution in [0, 0.1) is 0 Å². The minimum absolute atomic E-state index is 0. The zero-order valence-corrected chi connectivity index (χ0v) is 17.4. The van der Waals surface area contributed by atoms with Crippen LogP contribution in [0.5, 0.6) is 0 Å². The van der Waals surface area contributed by atoms with Crippen molar-refractivity contribution in [3.63, 3.8) is 0 Å². The van der Waals surface area contributed by atoms with Gasteiger partial charge in [-0.15, -0.1) is 0 Å². The van der Waals surface area contributed by atoms with Gasteiger partial charge in [-0.05, 0) is 0 Å². The number of hydrogen-bond acceptors (Lipinski definition) is 0. The Hall–Kier alpha value is -0.866. The Kier molecular flexibility index (Phi) is 5.90. The normalized spacial score (nSPS) is 11.8. The van der Waals surface area contributed by atoms with Crippen molar-refractivity contribution < 1.29 is 0 Å². The summed E-state index contributed by atoms with van der Waals surface area (Å²) in [6, 6.07) is 26.7. The second-order valence-corrected chi connectivity index (χ2v) is 9.53. The Morgan fingerprint density at radius 3 is 1.40 bits per heavy atom. The number of fused-ring (bicyclic) bond motifs is 6. The van der Waals surface area contributed by atoms with E-state index in [1.807, 2.05) is 0 Å². The third kappa shape index (κ3) is 3.28. The molecule has 1 aliphatic rings. The fraction of sp³-hybridized carbons (Fsp3) is 0. The van der Waals surface area contributed by atoms with Gasteiger partial charge in [-0.25, -0.2) is 0 Å². The van der Waals surface area contributed by atoms with E-state index in [0.29, 0.717) is 0 Å². The topological polar surface area (TPSA) is 0 Å². The van der Waals surface area contributed by atoms with Crippen molar-refractivity contribution in [1.29, 1.82) is 0 Å². The Labute approximate surface area is 182 Å². The predicted octanol–water partition coefficient (Wildman–Crippen LogP) is 3.37. The molecular formula is C22H14Li2Sn. The monoisotopic (exact) mass is 412 g/mol. The minimum atomic E-state index is -0.877. The van der Waals surface area contributed by atoms with E-state index >= 15 is 0 Å². The van der Waals surface area contributed by atoms with Gasteiger partial charge in [-0.3, -0.25) is 0 Å². The molecule has 108 valence electrons. The summed E-state index contributed by atoms with van der Waals surface area (Å²) in [7, 11) is 0. The summed E-state index contributed by atoms with van der Waals surface area (Å²) in [6.45, 7) is 0. The van der Waals surface area contributed by atoms with Crippen molar-refractivity contribution >= 4 is 99.7 Å². The molecule has 0 nitrogen and oxygen atoms in total. The van der Waals surface area contributed by atoms with Crippen molar-refractivity contribution in [1.82, 2.24) is 0 Å². The van der Waals surface area contributed by atoms with E-state index < -0.39 is 21.1 Å². The molecule has 0 atom stereocenters. The van der Waals surface area contributed by atoms with Gasteiger partial charge in [0.25, 0.3) is 0 Å². The van der Waals surface area contributed by atoms with Crippen LogP contribution >= 0.6 is 0 Å². The van der Waals surface area contributed by atoms with Crippen molar-refractivity contribution in [2.24, 2.45) is 0 Å². The number of hydrogen-bond donors (Lipinski definition) is 0. The average Bonchev–Trinajstić information content (AvgIpc) is 2.81. The van der Waals surface area contributed by atoms with Crippen LogP contribution in [0.2, 0.25) is 0 Å². The molecule has 0 saturated heterocycles. The molecule has 0 saturated carbocycles. The number of rotatable bonds is 0. The van der Waals surface area contributed by atoms with Crippen LogP contribution < -0.4 is 7.16 Å². The maximum Gasteiger partial charge on any atom is 0 e. The molecule has 0 amide bonds. The van der Waals surface area contributed by atoms with E-state index in [-0.39, 0.29) is 37.7 Å². The zero-order valence-electron chi connectivity index (χ0n) is 14.6. The summed E-state index contributed by atoms with van der Waals surface area (Å²) in [6.07, 6.45) is 4.62. The van der Waals surface area contributed by atoms with E-state index in [4.69, 9.17) is 0 Å². The van der Waals surface area contributed by atoms with Crippen molar-refractivity contribution in [2.75, 3.05) is 0 Å². The third-order valence-corrected chi connectivity index (χ3v) is 9.23. The van der Waals surface area contributed by atoms with Gasteiger partial charge in [-0.1, -0.05) is 0 Å². The van der Waals surface area contributed by atoms with Gasteiger partial charge in [0.2, 0.25) is 0 Å². The maximum atomic E-state index is 2.31. The van der Waals surface area contributed by atoms with Gasteiger partial charge in [0, 0.05) is 37.7 Å². The van der Waals surface area contributed by atoms with Gasteiger partial charge in [-0.2, -0.15) is 0 Å². The van der Waals surface area contributed by atoms with E-state index in [1.54, 1.807) is 7.16 Å². The summed E-state index contributed by atoms with van der Waals surface area (Å²) in [5.41, 5.74) is 2.83. The van der Waals surface area contributed by atoms with Crippen molar-refractivity contribution in [2.45, 2.75) is 0 Å². The first kappa shape index (κ1) is 18.9. The van der Waals surface area contributed by atoms with E-state index in [9.17, 15) is 0 Å². The Balaban J connectivity index is 0.000000911. The molecule has 0 spiro atoms. The predicted molar refractivity (Wildman–Crippen MR) is 113 cm³/mol. The maximum absolute atomic E-state index is 2.31. The van der Waals surface area contributed by atoms with E-state index in [2.05, 4.69) is 84.9 Å². The van der Waals surface area contributed by atoms with E-state index in [0.717, 1.165) is 0 Å². The largest absolute Gasteiger partial charge is 0 e. The minimum Gasteiger partial charge on any atom is 0 e. The van der Waals surface area contributed by atoms with Crippen LogP contribution in [0.25, 0.3) is 33.7 Å². The van der Waals surface area contributed by atoms with Crippen LogP contribution in [0.4, 0.5) is 0 Å². The molecule has 0 aliphatic carbocycles. The average molecular weight is 411 g/mol.